The first-order chi connectivity index (χ1) is 12.4. The van der Waals surface area contributed by atoms with Crippen molar-refractivity contribution in [3.05, 3.63) is 45.3 Å². The number of nitrogens with zero attached hydrogens (tertiary/aromatic N) is 2. The topological polar surface area (TPSA) is 71.5 Å². The van der Waals surface area contributed by atoms with E-state index in [1.54, 1.807) is 17.4 Å². The van der Waals surface area contributed by atoms with Gasteiger partial charge in [0.05, 0.1) is 17.1 Å². The number of benzene rings is 1. The summed E-state index contributed by atoms with van der Waals surface area (Å²) in [5.74, 6) is 0.405. The van der Waals surface area contributed by atoms with E-state index in [0.717, 1.165) is 40.4 Å². The van der Waals surface area contributed by atoms with Gasteiger partial charge in [-0.05, 0) is 49.4 Å². The van der Waals surface area contributed by atoms with Gasteiger partial charge in [-0.3, -0.25) is 14.9 Å². The Hall–Kier alpha value is -2.32. The predicted molar refractivity (Wildman–Crippen MR) is 106 cm³/mol. The molecular formula is C18H19N3O3S2. The molecule has 1 saturated heterocycles. The summed E-state index contributed by atoms with van der Waals surface area (Å²) in [6.45, 7) is 5.36. The van der Waals surface area contributed by atoms with Crippen LogP contribution in [0.4, 0.5) is 9.93 Å². The number of carbonyl (C=O) groups excluding carboxylic acids is 2. The first-order valence-electron chi connectivity index (χ1n) is 8.05. The van der Waals surface area contributed by atoms with Crippen LogP contribution in [-0.2, 0) is 4.79 Å². The van der Waals surface area contributed by atoms with Crippen LogP contribution in [0.2, 0.25) is 0 Å². The standard InChI is InChI=1S/C18H19N3O3S2/c1-11-12(2)25-17(19-11)21(3)8-9-24-14-6-4-13(5-7-14)10-15-16(22)20-18(23)26-15/h4-7,10H,8-9H2,1-3H3,(H,20,22,23). The predicted octanol–water partition coefficient (Wildman–Crippen LogP) is 3.60. The van der Waals surface area contributed by atoms with Crippen molar-refractivity contribution < 1.29 is 14.3 Å². The highest BCUT2D eigenvalue weighted by Gasteiger charge is 2.24. The number of hydrogen-bond acceptors (Lipinski definition) is 7. The Kier molecular flexibility index (Phi) is 5.63. The lowest BCUT2D eigenvalue weighted by Crippen LogP contribution is -2.23. The summed E-state index contributed by atoms with van der Waals surface area (Å²) in [5, 5.41) is 2.89. The zero-order valence-corrected chi connectivity index (χ0v) is 16.4. The fourth-order valence-electron chi connectivity index (χ4n) is 2.25. The van der Waals surface area contributed by atoms with Crippen molar-refractivity contribution in [1.29, 1.82) is 0 Å². The maximum atomic E-state index is 11.5. The van der Waals surface area contributed by atoms with E-state index in [1.165, 1.54) is 4.88 Å². The summed E-state index contributed by atoms with van der Waals surface area (Å²) in [5.41, 5.74) is 1.91. The van der Waals surface area contributed by atoms with Gasteiger partial charge in [-0.15, -0.1) is 11.3 Å². The fraction of sp³-hybridized carbons (Fsp3) is 0.278. The molecular weight excluding hydrogens is 370 g/mol. The van der Waals surface area contributed by atoms with Crippen molar-refractivity contribution in [2.75, 3.05) is 25.1 Å². The third-order valence-electron chi connectivity index (χ3n) is 3.86. The summed E-state index contributed by atoms with van der Waals surface area (Å²) in [7, 11) is 2.00. The molecule has 0 saturated carbocycles. The highest BCUT2D eigenvalue weighted by Crippen LogP contribution is 2.26. The number of likely N-dealkylation sites (N-methyl/N-ethyl adjacent to an activating group) is 1. The van der Waals surface area contributed by atoms with E-state index < -0.39 is 0 Å². The molecule has 0 radical (unpaired) electrons. The van der Waals surface area contributed by atoms with Crippen LogP contribution in [0.15, 0.2) is 29.2 Å². The Balaban J connectivity index is 1.52. The Bertz CT molecular complexity index is 840. The van der Waals surface area contributed by atoms with Crippen molar-refractivity contribution in [2.24, 2.45) is 0 Å². The molecule has 0 bridgehead atoms. The SMILES string of the molecule is Cc1nc(N(C)CCOc2ccc(C=C3SC(=O)NC3=O)cc2)sc1C. The monoisotopic (exact) mass is 389 g/mol. The van der Waals surface area contributed by atoms with E-state index in [9.17, 15) is 9.59 Å². The van der Waals surface area contributed by atoms with E-state index in [0.29, 0.717) is 11.5 Å². The number of ether oxygens (including phenoxy) is 1. The van der Waals surface area contributed by atoms with Gasteiger partial charge >= 0.3 is 0 Å². The van der Waals surface area contributed by atoms with E-state index >= 15 is 0 Å². The number of aromatic nitrogens is 1. The number of hydrogen-bond donors (Lipinski definition) is 1. The summed E-state index contributed by atoms with van der Waals surface area (Å²) in [6.07, 6.45) is 1.69. The van der Waals surface area contributed by atoms with Gasteiger partial charge in [0.25, 0.3) is 11.1 Å². The molecule has 2 heterocycles. The zero-order valence-electron chi connectivity index (χ0n) is 14.7. The van der Waals surface area contributed by atoms with Crippen LogP contribution in [-0.4, -0.2) is 36.3 Å². The van der Waals surface area contributed by atoms with Gasteiger partial charge in [0.2, 0.25) is 0 Å². The number of thioether (sulfide) groups is 1. The highest BCUT2D eigenvalue weighted by atomic mass is 32.2. The molecule has 1 aliphatic rings. The number of imide groups is 1. The smallest absolute Gasteiger partial charge is 0.290 e. The summed E-state index contributed by atoms with van der Waals surface area (Å²) in [6, 6.07) is 7.42. The molecule has 2 aromatic rings. The minimum absolute atomic E-state index is 0.337. The van der Waals surface area contributed by atoms with E-state index in [1.807, 2.05) is 38.2 Å². The third kappa shape index (κ3) is 4.44. The molecule has 1 aromatic carbocycles. The highest BCUT2D eigenvalue weighted by molar-refractivity contribution is 8.18. The Morgan fingerprint density at radius 2 is 1.96 bits per heavy atom. The molecule has 136 valence electrons. The van der Waals surface area contributed by atoms with Gasteiger partial charge in [-0.25, -0.2) is 4.98 Å². The van der Waals surface area contributed by atoms with E-state index in [2.05, 4.69) is 22.1 Å². The van der Waals surface area contributed by atoms with Crippen LogP contribution >= 0.6 is 23.1 Å². The molecule has 26 heavy (non-hydrogen) atoms. The van der Waals surface area contributed by atoms with Crippen molar-refractivity contribution in [3.63, 3.8) is 0 Å². The van der Waals surface area contributed by atoms with Crippen LogP contribution in [0.25, 0.3) is 6.08 Å². The number of aryl methyl sites for hydroxylation is 2. The second-order valence-corrected chi connectivity index (χ2v) is 8.03. The second-order valence-electron chi connectivity index (χ2n) is 5.83. The number of anilines is 1. The molecule has 0 spiro atoms. The second kappa shape index (κ2) is 7.92. The quantitative estimate of drug-likeness (QED) is 0.761. The first-order valence-corrected chi connectivity index (χ1v) is 9.68. The molecule has 1 fully saturated rings. The van der Waals surface area contributed by atoms with E-state index in [-0.39, 0.29) is 11.1 Å². The molecule has 2 amide bonds. The Morgan fingerprint density at radius 1 is 1.23 bits per heavy atom. The summed E-state index contributed by atoms with van der Waals surface area (Å²) < 4.78 is 5.77. The van der Waals surface area contributed by atoms with Gasteiger partial charge in [0.1, 0.15) is 12.4 Å². The van der Waals surface area contributed by atoms with Crippen molar-refractivity contribution in [1.82, 2.24) is 10.3 Å². The maximum Gasteiger partial charge on any atom is 0.290 e. The average Bonchev–Trinajstić information content (AvgIpc) is 3.10. The lowest BCUT2D eigenvalue weighted by Gasteiger charge is -2.16. The minimum atomic E-state index is -0.351. The van der Waals surface area contributed by atoms with Gasteiger partial charge in [-0.2, -0.15) is 0 Å². The number of carbonyl (C=O) groups is 2. The molecule has 0 unspecified atom stereocenters. The lowest BCUT2D eigenvalue weighted by atomic mass is 10.2. The molecule has 1 aromatic heterocycles. The van der Waals surface area contributed by atoms with Crippen molar-refractivity contribution >= 4 is 45.5 Å². The van der Waals surface area contributed by atoms with E-state index in [4.69, 9.17) is 4.74 Å². The van der Waals surface area contributed by atoms with Crippen LogP contribution in [0.5, 0.6) is 5.75 Å². The molecule has 8 heteroatoms. The van der Waals surface area contributed by atoms with Gasteiger partial charge in [0, 0.05) is 11.9 Å². The zero-order chi connectivity index (χ0) is 18.7. The number of nitrogens with one attached hydrogen (secondary N) is 1. The molecule has 0 aliphatic carbocycles. The van der Waals surface area contributed by atoms with Gasteiger partial charge in [-0.1, -0.05) is 12.1 Å². The molecule has 1 aliphatic heterocycles. The Labute approximate surface area is 160 Å². The van der Waals surface area contributed by atoms with Crippen LogP contribution in [0.3, 0.4) is 0 Å². The number of rotatable bonds is 6. The largest absolute Gasteiger partial charge is 0.492 e. The molecule has 1 N–H and O–H groups in total. The van der Waals surface area contributed by atoms with Gasteiger partial charge in [0.15, 0.2) is 5.13 Å². The molecule has 0 atom stereocenters. The maximum absolute atomic E-state index is 11.5. The fourth-order valence-corrected chi connectivity index (χ4v) is 3.83. The summed E-state index contributed by atoms with van der Waals surface area (Å²) in [4.78, 5) is 31.0. The van der Waals surface area contributed by atoms with Crippen LogP contribution in [0.1, 0.15) is 16.1 Å². The molecule has 6 nitrogen and oxygen atoms in total. The van der Waals surface area contributed by atoms with Crippen molar-refractivity contribution in [2.45, 2.75) is 13.8 Å². The Morgan fingerprint density at radius 3 is 2.54 bits per heavy atom. The van der Waals surface area contributed by atoms with Crippen molar-refractivity contribution in [3.8, 4) is 5.75 Å². The minimum Gasteiger partial charge on any atom is -0.492 e. The number of amides is 2. The third-order valence-corrected chi connectivity index (χ3v) is 5.86. The normalized spacial score (nSPS) is 15.4. The van der Waals surface area contributed by atoms with Gasteiger partial charge < -0.3 is 9.64 Å². The lowest BCUT2D eigenvalue weighted by molar-refractivity contribution is -0.115. The van der Waals surface area contributed by atoms with Crippen LogP contribution < -0.4 is 15.0 Å². The number of thiazole rings is 1. The average molecular weight is 390 g/mol. The van der Waals surface area contributed by atoms with Crippen LogP contribution in [0, 0.1) is 13.8 Å². The molecule has 3 rings (SSSR count). The summed E-state index contributed by atoms with van der Waals surface area (Å²) >= 11 is 2.59. The first kappa shape index (κ1) is 18.5.